The molecule has 4 heteroatoms. The molecule has 0 bridgehead atoms. The van der Waals surface area contributed by atoms with Crippen LogP contribution in [0.25, 0.3) is 0 Å². The van der Waals surface area contributed by atoms with Crippen LogP contribution in [-0.2, 0) is 16.1 Å². The Morgan fingerprint density at radius 2 is 2.00 bits per heavy atom. The lowest BCUT2D eigenvalue weighted by Crippen LogP contribution is -1.95. The summed E-state index contributed by atoms with van der Waals surface area (Å²) in [6.07, 6.45) is 0. The first kappa shape index (κ1) is 13.1. The number of hydrogen-bond donors (Lipinski definition) is 1. The Balaban J connectivity index is 0.000000255. The highest BCUT2D eigenvalue weighted by Crippen LogP contribution is 1.94. The van der Waals surface area contributed by atoms with Crippen molar-refractivity contribution >= 4 is 16.8 Å². The smallest absolute Gasteiger partial charge is 0.247 e. The normalized spacial score (nSPS) is 8.79. The summed E-state index contributed by atoms with van der Waals surface area (Å²) in [5, 5.41) is -0.461. The van der Waals surface area contributed by atoms with Crippen LogP contribution in [0.2, 0.25) is 0 Å². The Labute approximate surface area is 88.8 Å². The molecule has 0 saturated carbocycles. The van der Waals surface area contributed by atoms with Crippen molar-refractivity contribution in [1.82, 2.24) is 0 Å². The lowest BCUT2D eigenvalue weighted by molar-refractivity contribution is -0.114. The van der Waals surface area contributed by atoms with Gasteiger partial charge in [0, 0.05) is 13.7 Å². The second kappa shape index (κ2) is 8.69. The highest BCUT2D eigenvalue weighted by Gasteiger charge is 1.87. The van der Waals surface area contributed by atoms with Gasteiger partial charge in [0.15, 0.2) is 0 Å². The van der Waals surface area contributed by atoms with Gasteiger partial charge in [-0.05, 0) is 17.2 Å². The maximum absolute atomic E-state index is 9.68. The van der Waals surface area contributed by atoms with Gasteiger partial charge in [-0.2, -0.15) is 0 Å². The number of methoxy groups -OCH3 is 1. The molecule has 0 heterocycles. The van der Waals surface area contributed by atoms with E-state index < -0.39 is 5.24 Å². The van der Waals surface area contributed by atoms with Gasteiger partial charge in [-0.15, -0.1) is 0 Å². The third kappa shape index (κ3) is 7.73. The van der Waals surface area contributed by atoms with E-state index in [0.29, 0.717) is 6.54 Å². The molecule has 0 atom stereocenters. The van der Waals surface area contributed by atoms with E-state index in [2.05, 4.69) is 4.74 Å². The van der Waals surface area contributed by atoms with Gasteiger partial charge < -0.3 is 10.5 Å². The lowest BCUT2D eigenvalue weighted by Gasteiger charge is -1.90. The van der Waals surface area contributed by atoms with Crippen LogP contribution in [0.1, 0.15) is 5.56 Å². The predicted molar refractivity (Wildman–Crippen MR) is 57.1 cm³/mol. The molecule has 0 radical (unpaired) electrons. The first-order valence-corrected chi connectivity index (χ1v) is 4.49. The fraction of sp³-hybridized carbons (Fsp3) is 0.300. The van der Waals surface area contributed by atoms with Crippen molar-refractivity contribution in [2.45, 2.75) is 6.54 Å². The molecule has 0 aliphatic carbocycles. The van der Waals surface area contributed by atoms with Crippen molar-refractivity contribution in [3.05, 3.63) is 35.9 Å². The molecule has 1 aromatic carbocycles. The number of halogens is 1. The van der Waals surface area contributed by atoms with Crippen molar-refractivity contribution in [3.8, 4) is 0 Å². The minimum absolute atomic E-state index is 0.00154. The van der Waals surface area contributed by atoms with Crippen LogP contribution in [0, 0.1) is 0 Å². The second-order valence-corrected chi connectivity index (χ2v) is 2.90. The Hall–Kier alpha value is -0.900. The van der Waals surface area contributed by atoms with Crippen molar-refractivity contribution in [3.63, 3.8) is 0 Å². The van der Waals surface area contributed by atoms with Gasteiger partial charge in [0.05, 0.1) is 0 Å². The first-order valence-electron chi connectivity index (χ1n) is 4.12. The summed E-state index contributed by atoms with van der Waals surface area (Å²) in [5.74, 6) is 0. The average molecular weight is 216 g/mol. The topological polar surface area (TPSA) is 52.3 Å². The summed E-state index contributed by atoms with van der Waals surface area (Å²) in [5.41, 5.74) is 6.54. The molecule has 14 heavy (non-hydrogen) atoms. The average Bonchev–Trinajstić information content (AvgIpc) is 2.20. The van der Waals surface area contributed by atoms with Crippen molar-refractivity contribution in [2.75, 3.05) is 13.7 Å². The molecule has 1 aromatic rings. The molecule has 2 N–H and O–H groups in total. The number of benzene rings is 1. The fourth-order valence-electron chi connectivity index (χ4n) is 0.728. The van der Waals surface area contributed by atoms with E-state index in [0.717, 1.165) is 0 Å². The summed E-state index contributed by atoms with van der Waals surface area (Å²) in [6, 6.07) is 9.99. The summed E-state index contributed by atoms with van der Waals surface area (Å²) >= 11 is 4.81. The molecule has 0 aromatic heterocycles. The highest BCUT2D eigenvalue weighted by molar-refractivity contribution is 6.63. The van der Waals surface area contributed by atoms with Crippen molar-refractivity contribution in [2.24, 2.45) is 5.73 Å². The Morgan fingerprint density at radius 1 is 1.43 bits per heavy atom. The lowest BCUT2D eigenvalue weighted by atomic mass is 10.2. The quantitative estimate of drug-likeness (QED) is 0.779. The number of hydrogen-bond acceptors (Lipinski definition) is 3. The molecule has 0 spiro atoms. The van der Waals surface area contributed by atoms with Crippen LogP contribution >= 0.6 is 11.6 Å². The zero-order valence-electron chi connectivity index (χ0n) is 8.07. The van der Waals surface area contributed by atoms with E-state index in [-0.39, 0.29) is 6.61 Å². The molecule has 1 rings (SSSR count). The SMILES string of the molecule is COCC(=O)Cl.NCc1ccccc1. The molecule has 0 saturated heterocycles. The maximum atomic E-state index is 9.68. The third-order valence-electron chi connectivity index (χ3n) is 1.34. The summed E-state index contributed by atoms with van der Waals surface area (Å²) in [4.78, 5) is 9.68. The van der Waals surface area contributed by atoms with E-state index in [1.165, 1.54) is 12.7 Å². The van der Waals surface area contributed by atoms with Crippen LogP contribution in [-0.4, -0.2) is 19.0 Å². The van der Waals surface area contributed by atoms with E-state index in [1.54, 1.807) is 0 Å². The summed E-state index contributed by atoms with van der Waals surface area (Å²) in [7, 11) is 1.42. The van der Waals surface area contributed by atoms with Crippen LogP contribution in [0.4, 0.5) is 0 Å². The number of carbonyl (C=O) groups excluding carboxylic acids is 1. The van der Waals surface area contributed by atoms with E-state index in [1.807, 2.05) is 30.3 Å². The van der Waals surface area contributed by atoms with Crippen LogP contribution in [0.15, 0.2) is 30.3 Å². The number of carbonyl (C=O) groups is 1. The van der Waals surface area contributed by atoms with Crippen LogP contribution in [0.5, 0.6) is 0 Å². The largest absolute Gasteiger partial charge is 0.376 e. The monoisotopic (exact) mass is 215 g/mol. The van der Waals surface area contributed by atoms with Gasteiger partial charge in [0.25, 0.3) is 0 Å². The predicted octanol–water partition coefficient (Wildman–Crippen LogP) is 1.54. The van der Waals surface area contributed by atoms with E-state index >= 15 is 0 Å². The molecular weight excluding hydrogens is 202 g/mol. The minimum Gasteiger partial charge on any atom is -0.376 e. The zero-order chi connectivity index (χ0) is 10.8. The van der Waals surface area contributed by atoms with Crippen molar-refractivity contribution < 1.29 is 9.53 Å². The van der Waals surface area contributed by atoms with Gasteiger partial charge in [-0.25, -0.2) is 0 Å². The summed E-state index contributed by atoms with van der Waals surface area (Å²) < 4.78 is 4.32. The number of rotatable bonds is 3. The molecule has 0 aliphatic rings. The molecule has 78 valence electrons. The van der Waals surface area contributed by atoms with Gasteiger partial charge in [-0.3, -0.25) is 4.79 Å². The standard InChI is InChI=1S/C7H9N.C3H5ClO2/c8-6-7-4-2-1-3-5-7;1-6-2-3(4)5/h1-5H,6,8H2;2H2,1H3. The van der Waals surface area contributed by atoms with Gasteiger partial charge in [-0.1, -0.05) is 30.3 Å². The Kier molecular flexibility index (Phi) is 8.13. The number of ether oxygens (including phenoxy) is 1. The van der Waals surface area contributed by atoms with E-state index in [4.69, 9.17) is 17.3 Å². The number of nitrogens with two attached hydrogens (primary N) is 1. The van der Waals surface area contributed by atoms with E-state index in [9.17, 15) is 4.79 Å². The van der Waals surface area contributed by atoms with Crippen LogP contribution in [0.3, 0.4) is 0 Å². The van der Waals surface area contributed by atoms with Gasteiger partial charge in [0.2, 0.25) is 5.24 Å². The second-order valence-electron chi connectivity index (χ2n) is 2.48. The Bertz CT molecular complexity index is 252. The molecule has 0 amide bonds. The highest BCUT2D eigenvalue weighted by atomic mass is 35.5. The Morgan fingerprint density at radius 3 is 2.21 bits per heavy atom. The van der Waals surface area contributed by atoms with Gasteiger partial charge >= 0.3 is 0 Å². The minimum atomic E-state index is -0.461. The maximum Gasteiger partial charge on any atom is 0.247 e. The van der Waals surface area contributed by atoms with Crippen LogP contribution < -0.4 is 5.73 Å². The summed E-state index contributed by atoms with van der Waals surface area (Å²) in [6.45, 7) is 0.641. The first-order chi connectivity index (χ1) is 6.70. The molecule has 0 aliphatic heterocycles. The fourth-order valence-corrected chi connectivity index (χ4v) is 0.837. The molecular formula is C10H14ClNO2. The third-order valence-corrected chi connectivity index (χ3v) is 1.45. The molecule has 3 nitrogen and oxygen atoms in total. The molecule has 0 fully saturated rings. The molecule has 0 unspecified atom stereocenters. The van der Waals surface area contributed by atoms with Gasteiger partial charge in [0.1, 0.15) is 6.61 Å². The zero-order valence-corrected chi connectivity index (χ0v) is 8.83. The van der Waals surface area contributed by atoms with Crippen molar-refractivity contribution in [1.29, 1.82) is 0 Å².